The molecule has 0 saturated heterocycles. The number of hydrogen-bond donors (Lipinski definition) is 7. The number of nitrogen functional groups attached to an aromatic ring is 1. The van der Waals surface area contributed by atoms with E-state index in [9.17, 15) is 33.2 Å². The fraction of sp³-hybridized carbons (Fsp3) is 0.341. The van der Waals surface area contributed by atoms with E-state index >= 15 is 0 Å². The number of rotatable bonds is 20. The molecular formula is C41H52FN9O6. The van der Waals surface area contributed by atoms with E-state index in [2.05, 4.69) is 20.9 Å². The molecule has 0 bridgehead atoms. The zero-order chi connectivity index (χ0) is 42.1. The average Bonchev–Trinajstić information content (AvgIpc) is 3.15. The predicted octanol–water partition coefficient (Wildman–Crippen LogP) is 1.69. The minimum Gasteiger partial charge on any atom is -0.399 e. The molecule has 3 aromatic carbocycles. The molecule has 16 heteroatoms. The second-order valence-electron chi connectivity index (χ2n) is 13.9. The first-order valence-electron chi connectivity index (χ1n) is 18.5. The monoisotopic (exact) mass is 785 g/mol. The molecule has 0 aromatic heterocycles. The van der Waals surface area contributed by atoms with Crippen molar-refractivity contribution in [2.45, 2.75) is 77.0 Å². The normalized spacial score (nSPS) is 13.1. The summed E-state index contributed by atoms with van der Waals surface area (Å²) < 4.78 is 13.9. The number of benzene rings is 3. The minimum atomic E-state index is -1.49. The SMILES string of the molecule is CC(=O)N(C(=O)/C=C/c1ccccc1)C(Cc1ccc(F)cc1)C(=O)NC(Cc1ccc(N)cc1)C(=O)NC(CC(C)C)C(=O)NC(CCCN=C(N)N)C(N)=O. The van der Waals surface area contributed by atoms with Crippen LogP contribution in [0.15, 0.2) is 89.9 Å². The number of carbonyl (C=O) groups is 6. The number of guanidine groups is 1. The van der Waals surface area contributed by atoms with Crippen LogP contribution >= 0.6 is 0 Å². The molecule has 0 radical (unpaired) electrons. The topological polar surface area (TPSA) is 258 Å². The summed E-state index contributed by atoms with van der Waals surface area (Å²) in [6.07, 6.45) is 2.94. The number of aliphatic imine (C=N–C) groups is 1. The van der Waals surface area contributed by atoms with Crippen LogP contribution in [0.4, 0.5) is 10.1 Å². The molecule has 0 aliphatic rings. The summed E-state index contributed by atoms with van der Waals surface area (Å²) in [6, 6.07) is 15.5. The molecule has 0 aliphatic heterocycles. The Morgan fingerprint density at radius 1 is 0.754 bits per heavy atom. The van der Waals surface area contributed by atoms with Gasteiger partial charge in [-0.25, -0.2) is 4.39 Å². The van der Waals surface area contributed by atoms with Gasteiger partial charge in [-0.05, 0) is 72.2 Å². The summed E-state index contributed by atoms with van der Waals surface area (Å²) in [4.78, 5) is 85.9. The second kappa shape index (κ2) is 22.1. The van der Waals surface area contributed by atoms with E-state index in [-0.39, 0.29) is 44.1 Å². The first kappa shape index (κ1) is 44.8. The van der Waals surface area contributed by atoms with Crippen molar-refractivity contribution in [1.29, 1.82) is 0 Å². The third-order valence-corrected chi connectivity index (χ3v) is 8.75. The lowest BCUT2D eigenvalue weighted by Gasteiger charge is -2.30. The van der Waals surface area contributed by atoms with Gasteiger partial charge in [-0.2, -0.15) is 0 Å². The first-order chi connectivity index (χ1) is 27.0. The molecule has 11 N–H and O–H groups in total. The smallest absolute Gasteiger partial charge is 0.253 e. The van der Waals surface area contributed by atoms with Crippen LogP contribution < -0.4 is 38.9 Å². The number of carbonyl (C=O) groups excluding carboxylic acids is 6. The maximum Gasteiger partial charge on any atom is 0.253 e. The molecule has 4 unspecified atom stereocenters. The second-order valence-corrected chi connectivity index (χ2v) is 13.9. The maximum atomic E-state index is 14.4. The number of primary amides is 1. The summed E-state index contributed by atoms with van der Waals surface area (Å²) in [5.41, 5.74) is 24.3. The van der Waals surface area contributed by atoms with Crippen LogP contribution in [-0.4, -0.2) is 77.0 Å². The van der Waals surface area contributed by atoms with E-state index in [0.717, 1.165) is 17.9 Å². The molecule has 4 atom stereocenters. The Hall–Kier alpha value is -6.58. The molecule has 0 saturated carbocycles. The molecule has 0 spiro atoms. The highest BCUT2D eigenvalue weighted by molar-refractivity contribution is 6.06. The van der Waals surface area contributed by atoms with Crippen LogP contribution in [0.1, 0.15) is 56.7 Å². The van der Waals surface area contributed by atoms with Crippen molar-refractivity contribution >= 4 is 53.2 Å². The van der Waals surface area contributed by atoms with Crippen LogP contribution in [0, 0.1) is 11.7 Å². The zero-order valence-corrected chi connectivity index (χ0v) is 32.3. The highest BCUT2D eigenvalue weighted by Crippen LogP contribution is 2.16. The predicted molar refractivity (Wildman–Crippen MR) is 216 cm³/mol. The Labute approximate surface area is 331 Å². The van der Waals surface area contributed by atoms with Gasteiger partial charge < -0.3 is 38.9 Å². The first-order valence-corrected chi connectivity index (χ1v) is 18.5. The van der Waals surface area contributed by atoms with Crippen molar-refractivity contribution < 1.29 is 33.2 Å². The number of nitrogens with zero attached hydrogens (tertiary/aromatic N) is 2. The van der Waals surface area contributed by atoms with Gasteiger partial charge in [-0.15, -0.1) is 0 Å². The molecule has 0 aliphatic carbocycles. The Morgan fingerprint density at radius 2 is 1.32 bits per heavy atom. The number of nitrogens with one attached hydrogen (secondary N) is 3. The molecule has 3 rings (SSSR count). The molecule has 6 amide bonds. The molecule has 0 heterocycles. The van der Waals surface area contributed by atoms with Crippen LogP contribution in [0.2, 0.25) is 0 Å². The van der Waals surface area contributed by atoms with Crippen molar-refractivity contribution in [3.8, 4) is 0 Å². The number of hydrogen-bond acceptors (Lipinski definition) is 8. The van der Waals surface area contributed by atoms with Gasteiger partial charge in [0.2, 0.25) is 29.5 Å². The Kier molecular flexibility index (Phi) is 17.4. The van der Waals surface area contributed by atoms with E-state index in [1.54, 1.807) is 54.6 Å². The van der Waals surface area contributed by atoms with Gasteiger partial charge in [0.25, 0.3) is 5.91 Å². The van der Waals surface area contributed by atoms with Gasteiger partial charge in [-0.1, -0.05) is 68.4 Å². The number of amides is 6. The molecule has 3 aromatic rings. The highest BCUT2D eigenvalue weighted by Gasteiger charge is 2.36. The number of nitrogens with two attached hydrogens (primary N) is 4. The van der Waals surface area contributed by atoms with Crippen molar-refractivity contribution in [1.82, 2.24) is 20.9 Å². The van der Waals surface area contributed by atoms with E-state index in [1.807, 2.05) is 13.8 Å². The van der Waals surface area contributed by atoms with Gasteiger partial charge in [0.1, 0.15) is 30.0 Å². The van der Waals surface area contributed by atoms with Gasteiger partial charge >= 0.3 is 0 Å². The van der Waals surface area contributed by atoms with Crippen LogP contribution in [0.25, 0.3) is 6.08 Å². The Morgan fingerprint density at radius 3 is 1.89 bits per heavy atom. The summed E-state index contributed by atoms with van der Waals surface area (Å²) >= 11 is 0. The third kappa shape index (κ3) is 15.2. The Balaban J connectivity index is 1.98. The Bertz CT molecular complexity index is 1900. The number of imide groups is 1. The van der Waals surface area contributed by atoms with E-state index < -0.39 is 65.4 Å². The highest BCUT2D eigenvalue weighted by atomic mass is 19.1. The largest absolute Gasteiger partial charge is 0.399 e. The van der Waals surface area contributed by atoms with Crippen molar-refractivity contribution in [3.05, 3.63) is 107 Å². The fourth-order valence-corrected chi connectivity index (χ4v) is 5.89. The quantitative estimate of drug-likeness (QED) is 0.0289. The van der Waals surface area contributed by atoms with Gasteiger partial charge in [0.05, 0.1) is 0 Å². The zero-order valence-electron chi connectivity index (χ0n) is 32.3. The molecule has 15 nitrogen and oxygen atoms in total. The lowest BCUT2D eigenvalue weighted by atomic mass is 9.99. The minimum absolute atomic E-state index is 0.0895. The summed E-state index contributed by atoms with van der Waals surface area (Å²) in [5.74, 6) is -5.45. The molecule has 0 fully saturated rings. The lowest BCUT2D eigenvalue weighted by Crippen LogP contribution is -2.59. The fourth-order valence-electron chi connectivity index (χ4n) is 5.89. The van der Waals surface area contributed by atoms with Gasteiger partial charge in [-0.3, -0.25) is 38.7 Å². The van der Waals surface area contributed by atoms with Crippen molar-refractivity contribution in [3.63, 3.8) is 0 Å². The lowest BCUT2D eigenvalue weighted by molar-refractivity contribution is -0.148. The summed E-state index contributed by atoms with van der Waals surface area (Å²) in [6.45, 7) is 4.99. The summed E-state index contributed by atoms with van der Waals surface area (Å²) in [5, 5.41) is 8.04. The third-order valence-electron chi connectivity index (χ3n) is 8.75. The van der Waals surface area contributed by atoms with Gasteiger partial charge in [0, 0.05) is 38.1 Å². The van der Waals surface area contributed by atoms with Crippen LogP contribution in [0.3, 0.4) is 0 Å². The number of halogens is 1. The van der Waals surface area contributed by atoms with Gasteiger partial charge in [0.15, 0.2) is 5.96 Å². The number of anilines is 1. The summed E-state index contributed by atoms with van der Waals surface area (Å²) in [7, 11) is 0. The average molecular weight is 786 g/mol. The van der Waals surface area contributed by atoms with E-state index in [0.29, 0.717) is 28.8 Å². The maximum absolute atomic E-state index is 14.4. The molecule has 304 valence electrons. The van der Waals surface area contributed by atoms with Crippen molar-refractivity contribution in [2.75, 3.05) is 12.3 Å². The van der Waals surface area contributed by atoms with E-state index in [4.69, 9.17) is 22.9 Å². The molecular weight excluding hydrogens is 734 g/mol. The van der Waals surface area contributed by atoms with Crippen molar-refractivity contribution in [2.24, 2.45) is 28.1 Å². The molecule has 57 heavy (non-hydrogen) atoms. The van der Waals surface area contributed by atoms with Crippen LogP contribution in [0.5, 0.6) is 0 Å². The van der Waals surface area contributed by atoms with E-state index in [1.165, 1.54) is 30.3 Å². The standard InChI is InChI=1S/C41H52FN9O6/c1-25(2)22-33(38(55)48-32(37(44)54)10-7-21-47-41(45)46)49-39(56)34(23-28-13-18-31(43)19-14-28)50-40(57)35(24-29-11-16-30(42)17-12-29)51(26(3)52)36(53)20-15-27-8-5-4-6-9-27/h4-6,8-9,11-20,25,32-35H,7,10,21-24,43H2,1-3H3,(H2,44,54)(H,48,55)(H,49,56)(H,50,57)(H4,45,46,47)/b20-15+. The van der Waals surface area contributed by atoms with Crippen LogP contribution in [-0.2, 0) is 41.6 Å².